The van der Waals surface area contributed by atoms with E-state index < -0.39 is 10.0 Å². The largest absolute Gasteiger partial charge is 0.361 e. The van der Waals surface area contributed by atoms with Crippen molar-refractivity contribution in [1.82, 2.24) is 9.46 Å². The highest BCUT2D eigenvalue weighted by Gasteiger charge is 2.37. The van der Waals surface area contributed by atoms with Gasteiger partial charge in [0.15, 0.2) is 0 Å². The lowest BCUT2D eigenvalue weighted by Crippen LogP contribution is -2.31. The number of carbonyl (C=O) groups excluding carboxylic acids is 1. The molecule has 2 fully saturated rings. The molecule has 1 atom stereocenters. The van der Waals surface area contributed by atoms with Gasteiger partial charge >= 0.3 is 0 Å². The minimum Gasteiger partial charge on any atom is -0.361 e. The molecule has 7 nitrogen and oxygen atoms in total. The zero-order chi connectivity index (χ0) is 18.3. The van der Waals surface area contributed by atoms with E-state index in [0.29, 0.717) is 31.0 Å². The summed E-state index contributed by atoms with van der Waals surface area (Å²) in [7, 11) is -3.63. The summed E-state index contributed by atoms with van der Waals surface area (Å²) in [6.45, 7) is 2.94. The first kappa shape index (κ1) is 17.2. The average Bonchev–Trinajstić information content (AvgIpc) is 3.35. The maximum absolute atomic E-state index is 13.1. The summed E-state index contributed by atoms with van der Waals surface area (Å²) in [6, 6.07) is 8.08. The van der Waals surface area contributed by atoms with Crippen molar-refractivity contribution < 1.29 is 17.7 Å². The van der Waals surface area contributed by atoms with Crippen molar-refractivity contribution in [3.63, 3.8) is 0 Å². The van der Waals surface area contributed by atoms with Crippen LogP contribution in [0.1, 0.15) is 43.2 Å². The number of aryl methyl sites for hydroxylation is 1. The van der Waals surface area contributed by atoms with Gasteiger partial charge in [-0.1, -0.05) is 5.16 Å². The maximum atomic E-state index is 13.1. The molecule has 8 heteroatoms. The van der Waals surface area contributed by atoms with Gasteiger partial charge in [-0.3, -0.25) is 4.79 Å². The fourth-order valence-corrected chi connectivity index (χ4v) is 5.39. The predicted octanol–water partition coefficient (Wildman–Crippen LogP) is 2.64. The molecular formula is C18H21N3O4S. The van der Waals surface area contributed by atoms with Crippen molar-refractivity contribution in [1.29, 1.82) is 0 Å². The molecule has 0 saturated carbocycles. The zero-order valence-electron chi connectivity index (χ0n) is 14.6. The summed E-state index contributed by atoms with van der Waals surface area (Å²) in [5.41, 5.74) is 1.40. The molecule has 1 aromatic heterocycles. The van der Waals surface area contributed by atoms with Crippen LogP contribution >= 0.6 is 0 Å². The van der Waals surface area contributed by atoms with Gasteiger partial charge in [-0.25, -0.2) is 8.42 Å². The Labute approximate surface area is 152 Å². The fourth-order valence-electron chi connectivity index (χ4n) is 3.72. The number of rotatable bonds is 4. The summed E-state index contributed by atoms with van der Waals surface area (Å²) >= 11 is 0. The minimum absolute atomic E-state index is 0.0848. The van der Waals surface area contributed by atoms with Gasteiger partial charge < -0.3 is 9.42 Å². The van der Waals surface area contributed by atoms with E-state index in [1.165, 1.54) is 4.31 Å². The van der Waals surface area contributed by atoms with Crippen LogP contribution in [0.15, 0.2) is 39.8 Å². The second kappa shape index (κ2) is 6.51. The van der Waals surface area contributed by atoms with E-state index in [0.717, 1.165) is 24.9 Å². The molecule has 1 amide bonds. The van der Waals surface area contributed by atoms with Crippen LogP contribution in [0.5, 0.6) is 0 Å². The van der Waals surface area contributed by atoms with E-state index in [4.69, 9.17) is 4.52 Å². The van der Waals surface area contributed by atoms with Crippen LogP contribution in [0, 0.1) is 6.92 Å². The lowest BCUT2D eigenvalue weighted by molar-refractivity contribution is -0.117. The highest BCUT2D eigenvalue weighted by Crippen LogP contribution is 2.36. The summed E-state index contributed by atoms with van der Waals surface area (Å²) in [6.07, 6.45) is 2.90. The first-order valence-electron chi connectivity index (χ1n) is 8.82. The summed E-state index contributed by atoms with van der Waals surface area (Å²) in [4.78, 5) is 13.8. The maximum Gasteiger partial charge on any atom is 0.243 e. The van der Waals surface area contributed by atoms with E-state index in [1.807, 2.05) is 0 Å². The number of hydrogen-bond donors (Lipinski definition) is 0. The number of carbonyl (C=O) groups is 1. The number of aromatic nitrogens is 1. The Balaban J connectivity index is 1.60. The molecule has 0 radical (unpaired) electrons. The Morgan fingerprint density at radius 1 is 1.15 bits per heavy atom. The van der Waals surface area contributed by atoms with Crippen molar-refractivity contribution in [3.8, 4) is 0 Å². The van der Waals surface area contributed by atoms with Crippen LogP contribution in [0.25, 0.3) is 0 Å². The molecule has 0 spiro atoms. The number of sulfonamides is 1. The number of amides is 1. The van der Waals surface area contributed by atoms with Gasteiger partial charge in [-0.2, -0.15) is 4.31 Å². The molecule has 2 aliphatic heterocycles. The summed E-state index contributed by atoms with van der Waals surface area (Å²) in [5, 5.41) is 4.00. The predicted molar refractivity (Wildman–Crippen MR) is 95.1 cm³/mol. The molecule has 3 heterocycles. The van der Waals surface area contributed by atoms with Crippen LogP contribution in [0.3, 0.4) is 0 Å². The van der Waals surface area contributed by atoms with Crippen LogP contribution in [0.4, 0.5) is 5.69 Å². The molecule has 1 aromatic carbocycles. The van der Waals surface area contributed by atoms with Crippen molar-refractivity contribution in [2.24, 2.45) is 0 Å². The average molecular weight is 375 g/mol. The van der Waals surface area contributed by atoms with E-state index >= 15 is 0 Å². The molecule has 4 rings (SSSR count). The molecule has 2 aromatic rings. The van der Waals surface area contributed by atoms with Gasteiger partial charge in [0.05, 0.1) is 10.9 Å². The normalized spacial score (nSPS) is 21.7. The lowest BCUT2D eigenvalue weighted by Gasteiger charge is -2.23. The highest BCUT2D eigenvalue weighted by atomic mass is 32.2. The zero-order valence-corrected chi connectivity index (χ0v) is 15.4. The van der Waals surface area contributed by atoms with E-state index in [2.05, 4.69) is 5.16 Å². The standard InChI is InChI=1S/C18H21N3O4S/c1-13-12-16(19-25-13)17-4-2-11-21(17)26(23,24)15-8-6-14(7-9-15)20-10-3-5-18(20)22/h6-9,12,17H,2-5,10-11H2,1H3/t17-/m1/s1. The smallest absolute Gasteiger partial charge is 0.243 e. The first-order valence-corrected chi connectivity index (χ1v) is 10.3. The molecule has 26 heavy (non-hydrogen) atoms. The Hall–Kier alpha value is -2.19. The van der Waals surface area contributed by atoms with Gasteiger partial charge in [-0.15, -0.1) is 0 Å². The lowest BCUT2D eigenvalue weighted by atomic mass is 10.1. The Bertz CT molecular complexity index is 920. The number of benzene rings is 1. The van der Waals surface area contributed by atoms with Crippen LogP contribution in [-0.4, -0.2) is 36.9 Å². The van der Waals surface area contributed by atoms with Crippen molar-refractivity contribution >= 4 is 21.6 Å². The highest BCUT2D eigenvalue weighted by molar-refractivity contribution is 7.89. The SMILES string of the molecule is Cc1cc([C@H]2CCCN2S(=O)(=O)c2ccc(N3CCCC3=O)cc2)no1. The monoisotopic (exact) mass is 375 g/mol. The van der Waals surface area contributed by atoms with Crippen molar-refractivity contribution in [3.05, 3.63) is 41.8 Å². The van der Waals surface area contributed by atoms with Gasteiger partial charge in [0.1, 0.15) is 11.5 Å². The first-order chi connectivity index (χ1) is 12.5. The van der Waals surface area contributed by atoms with E-state index in [9.17, 15) is 13.2 Å². The van der Waals surface area contributed by atoms with Crippen LogP contribution in [-0.2, 0) is 14.8 Å². The minimum atomic E-state index is -3.63. The number of hydrogen-bond acceptors (Lipinski definition) is 5. The fraction of sp³-hybridized carbons (Fsp3) is 0.444. The quantitative estimate of drug-likeness (QED) is 0.820. The van der Waals surface area contributed by atoms with Gasteiger partial charge in [0.25, 0.3) is 0 Å². The third-order valence-electron chi connectivity index (χ3n) is 5.02. The molecule has 2 saturated heterocycles. The Morgan fingerprint density at radius 3 is 2.54 bits per heavy atom. The van der Waals surface area contributed by atoms with Crippen LogP contribution in [0.2, 0.25) is 0 Å². The Kier molecular flexibility index (Phi) is 4.32. The molecular weight excluding hydrogens is 354 g/mol. The summed E-state index contributed by atoms with van der Waals surface area (Å²) < 4.78 is 32.8. The van der Waals surface area contributed by atoms with E-state index in [-0.39, 0.29) is 16.8 Å². The Morgan fingerprint density at radius 2 is 1.92 bits per heavy atom. The third-order valence-corrected chi connectivity index (χ3v) is 6.94. The van der Waals surface area contributed by atoms with E-state index in [1.54, 1.807) is 42.2 Å². The number of anilines is 1. The third kappa shape index (κ3) is 2.93. The summed E-state index contributed by atoms with van der Waals surface area (Å²) in [5.74, 6) is 0.755. The van der Waals surface area contributed by atoms with Crippen molar-refractivity contribution in [2.45, 2.75) is 43.5 Å². The van der Waals surface area contributed by atoms with Gasteiger partial charge in [-0.05, 0) is 50.5 Å². The number of nitrogens with zero attached hydrogens (tertiary/aromatic N) is 3. The molecule has 0 unspecified atom stereocenters. The van der Waals surface area contributed by atoms with Crippen molar-refractivity contribution in [2.75, 3.05) is 18.0 Å². The molecule has 2 aliphatic rings. The topological polar surface area (TPSA) is 83.7 Å². The van der Waals surface area contributed by atoms with Gasteiger partial charge in [0.2, 0.25) is 15.9 Å². The molecule has 0 N–H and O–H groups in total. The second-order valence-electron chi connectivity index (χ2n) is 6.78. The van der Waals surface area contributed by atoms with Crippen LogP contribution < -0.4 is 4.90 Å². The van der Waals surface area contributed by atoms with Gasteiger partial charge in [0, 0.05) is 31.3 Å². The molecule has 0 bridgehead atoms. The molecule has 0 aliphatic carbocycles. The second-order valence-corrected chi connectivity index (χ2v) is 8.67. The molecule has 138 valence electrons.